The van der Waals surface area contributed by atoms with Crippen LogP contribution < -0.4 is 5.73 Å². The first-order chi connectivity index (χ1) is 5.96. The van der Waals surface area contributed by atoms with E-state index >= 15 is 0 Å². The van der Waals surface area contributed by atoms with Gasteiger partial charge in [0, 0.05) is 25.7 Å². The summed E-state index contributed by atoms with van der Waals surface area (Å²) in [4.78, 5) is 2.35. The molecule has 3 rings (SSSR count). The van der Waals surface area contributed by atoms with Crippen LogP contribution in [-0.2, 0) is 0 Å². The van der Waals surface area contributed by atoms with Gasteiger partial charge in [0.25, 0.3) is 0 Å². The fourth-order valence-electron chi connectivity index (χ4n) is 2.70. The van der Waals surface area contributed by atoms with Gasteiger partial charge < -0.3 is 10.8 Å². The van der Waals surface area contributed by atoms with Crippen molar-refractivity contribution in [2.45, 2.75) is 31.9 Å². The van der Waals surface area contributed by atoms with Gasteiger partial charge >= 0.3 is 0 Å². The Hall–Kier alpha value is -0.120. The highest BCUT2D eigenvalue weighted by atomic mass is 16.3. The Balaban J connectivity index is 1.85. The molecule has 2 bridgehead atoms. The summed E-state index contributed by atoms with van der Waals surface area (Å²) in [7, 11) is 0. The highest BCUT2D eigenvalue weighted by Gasteiger charge is 2.44. The second-order valence-corrected chi connectivity index (χ2v) is 5.34. The summed E-state index contributed by atoms with van der Waals surface area (Å²) in [6, 6.07) is 0.443. The van der Waals surface area contributed by atoms with Crippen molar-refractivity contribution in [2.24, 2.45) is 17.6 Å². The van der Waals surface area contributed by atoms with E-state index < -0.39 is 5.60 Å². The molecule has 3 aliphatic rings. The zero-order chi connectivity index (χ0) is 9.64. The molecule has 0 amide bonds. The normalized spacial score (nSPS) is 40.2. The highest BCUT2D eigenvalue weighted by molar-refractivity contribution is 5.00. The van der Waals surface area contributed by atoms with Crippen molar-refractivity contribution >= 4 is 0 Å². The summed E-state index contributed by atoms with van der Waals surface area (Å²) in [6.07, 6.45) is 1.31. The SMILES string of the molecule is CC(C)(O)CN1CC2CC(C1)C2N. The van der Waals surface area contributed by atoms with Gasteiger partial charge in [-0.05, 0) is 32.1 Å². The number of hydrogen-bond acceptors (Lipinski definition) is 3. The lowest BCUT2D eigenvalue weighted by atomic mass is 9.66. The lowest BCUT2D eigenvalue weighted by molar-refractivity contribution is -0.0405. The molecule has 3 N–H and O–H groups in total. The Bertz CT molecular complexity index is 188. The fraction of sp³-hybridized carbons (Fsp3) is 1.00. The van der Waals surface area contributed by atoms with Gasteiger partial charge in [-0.25, -0.2) is 0 Å². The van der Waals surface area contributed by atoms with Crippen molar-refractivity contribution in [1.29, 1.82) is 0 Å². The molecule has 0 aromatic carbocycles. The van der Waals surface area contributed by atoms with E-state index in [2.05, 4.69) is 4.90 Å². The van der Waals surface area contributed by atoms with E-state index in [1.807, 2.05) is 13.8 Å². The number of aliphatic hydroxyl groups is 1. The molecule has 3 fully saturated rings. The van der Waals surface area contributed by atoms with Gasteiger partial charge in [0.15, 0.2) is 0 Å². The molecule has 2 atom stereocenters. The second kappa shape index (κ2) is 2.94. The van der Waals surface area contributed by atoms with Crippen molar-refractivity contribution < 1.29 is 5.11 Å². The van der Waals surface area contributed by atoms with Crippen LogP contribution in [0, 0.1) is 11.8 Å². The number of piperidine rings is 2. The summed E-state index contributed by atoms with van der Waals surface area (Å²) in [5, 5.41) is 9.66. The van der Waals surface area contributed by atoms with Crippen molar-refractivity contribution in [1.82, 2.24) is 4.90 Å². The molecule has 0 spiro atoms. The number of hydrogen-bond donors (Lipinski definition) is 2. The van der Waals surface area contributed by atoms with E-state index in [-0.39, 0.29) is 0 Å². The summed E-state index contributed by atoms with van der Waals surface area (Å²) < 4.78 is 0. The van der Waals surface area contributed by atoms with Crippen molar-refractivity contribution in [3.63, 3.8) is 0 Å². The Morgan fingerprint density at radius 3 is 2.31 bits per heavy atom. The van der Waals surface area contributed by atoms with Crippen LogP contribution in [0.25, 0.3) is 0 Å². The first-order valence-corrected chi connectivity index (χ1v) is 5.16. The topological polar surface area (TPSA) is 49.5 Å². The van der Waals surface area contributed by atoms with Crippen LogP contribution in [0.4, 0.5) is 0 Å². The maximum Gasteiger partial charge on any atom is 0.0718 e. The second-order valence-electron chi connectivity index (χ2n) is 5.34. The predicted molar refractivity (Wildman–Crippen MR) is 52.3 cm³/mol. The lowest BCUT2D eigenvalue weighted by Crippen LogP contribution is -2.63. The summed E-state index contributed by atoms with van der Waals surface area (Å²) in [6.45, 7) is 6.69. The largest absolute Gasteiger partial charge is 0.389 e. The average molecular weight is 184 g/mol. The molecule has 3 nitrogen and oxygen atoms in total. The van der Waals surface area contributed by atoms with Crippen molar-refractivity contribution in [3.05, 3.63) is 0 Å². The van der Waals surface area contributed by atoms with E-state index in [0.29, 0.717) is 17.9 Å². The number of fused-ring (bicyclic) bond motifs is 2. The molecule has 2 heterocycles. The molecular formula is C10H20N2O. The fourth-order valence-corrected chi connectivity index (χ4v) is 2.70. The van der Waals surface area contributed by atoms with Crippen LogP contribution in [0.2, 0.25) is 0 Å². The molecule has 1 aliphatic carbocycles. The standard InChI is InChI=1S/C10H20N2O/c1-10(2,13)6-12-4-7-3-8(5-12)9(7)11/h7-9,13H,3-6,11H2,1-2H3. The first kappa shape index (κ1) is 9.44. The van der Waals surface area contributed by atoms with Gasteiger partial charge in [0.1, 0.15) is 0 Å². The number of nitrogens with two attached hydrogens (primary N) is 1. The van der Waals surface area contributed by atoms with E-state index in [4.69, 9.17) is 5.73 Å². The first-order valence-electron chi connectivity index (χ1n) is 5.16. The molecular weight excluding hydrogens is 164 g/mol. The third kappa shape index (κ3) is 1.87. The number of rotatable bonds is 2. The minimum atomic E-state index is -0.562. The molecule has 2 aliphatic heterocycles. The minimum Gasteiger partial charge on any atom is -0.389 e. The lowest BCUT2D eigenvalue weighted by Gasteiger charge is -2.53. The molecule has 2 unspecified atom stereocenters. The van der Waals surface area contributed by atoms with E-state index in [1.165, 1.54) is 6.42 Å². The van der Waals surface area contributed by atoms with Gasteiger partial charge in [-0.2, -0.15) is 0 Å². The summed E-state index contributed by atoms with van der Waals surface area (Å²) >= 11 is 0. The smallest absolute Gasteiger partial charge is 0.0718 e. The molecule has 3 heteroatoms. The predicted octanol–water partition coefficient (Wildman–Crippen LogP) is 0.0363. The quantitative estimate of drug-likeness (QED) is 0.637. The van der Waals surface area contributed by atoms with Gasteiger partial charge in [-0.1, -0.05) is 0 Å². The Morgan fingerprint density at radius 2 is 1.92 bits per heavy atom. The number of nitrogens with zero attached hydrogens (tertiary/aromatic N) is 1. The van der Waals surface area contributed by atoms with Gasteiger partial charge in [-0.15, -0.1) is 0 Å². The van der Waals surface area contributed by atoms with E-state index in [1.54, 1.807) is 0 Å². The minimum absolute atomic E-state index is 0.443. The molecule has 0 aromatic rings. The van der Waals surface area contributed by atoms with Crippen LogP contribution in [0.15, 0.2) is 0 Å². The Kier molecular flexibility index (Phi) is 2.13. The monoisotopic (exact) mass is 184 g/mol. The van der Waals surface area contributed by atoms with E-state index in [9.17, 15) is 5.11 Å². The molecule has 0 aromatic heterocycles. The zero-order valence-corrected chi connectivity index (χ0v) is 8.53. The van der Waals surface area contributed by atoms with Crippen LogP contribution in [0.5, 0.6) is 0 Å². The maximum absolute atomic E-state index is 9.66. The third-order valence-electron chi connectivity index (χ3n) is 3.29. The molecule has 2 saturated heterocycles. The van der Waals surface area contributed by atoms with Crippen LogP contribution >= 0.6 is 0 Å². The maximum atomic E-state index is 9.66. The van der Waals surface area contributed by atoms with Gasteiger partial charge in [0.05, 0.1) is 5.60 Å². The van der Waals surface area contributed by atoms with Crippen LogP contribution in [0.1, 0.15) is 20.3 Å². The van der Waals surface area contributed by atoms with Crippen molar-refractivity contribution in [3.8, 4) is 0 Å². The Labute approximate surface area is 79.9 Å². The summed E-state index contributed by atoms with van der Waals surface area (Å²) in [5.74, 6) is 1.39. The molecule has 13 heavy (non-hydrogen) atoms. The summed E-state index contributed by atoms with van der Waals surface area (Å²) in [5.41, 5.74) is 5.40. The third-order valence-corrected chi connectivity index (χ3v) is 3.29. The average Bonchev–Trinajstić information content (AvgIpc) is 2.00. The highest BCUT2D eigenvalue weighted by Crippen LogP contribution is 2.38. The Morgan fingerprint density at radius 1 is 1.38 bits per heavy atom. The molecule has 1 saturated carbocycles. The van der Waals surface area contributed by atoms with Gasteiger partial charge in [0.2, 0.25) is 0 Å². The molecule has 0 radical (unpaired) electrons. The van der Waals surface area contributed by atoms with Crippen molar-refractivity contribution in [2.75, 3.05) is 19.6 Å². The van der Waals surface area contributed by atoms with Gasteiger partial charge in [-0.3, -0.25) is 4.90 Å². The zero-order valence-electron chi connectivity index (χ0n) is 8.53. The molecule has 76 valence electrons. The van der Waals surface area contributed by atoms with Crippen LogP contribution in [0.3, 0.4) is 0 Å². The van der Waals surface area contributed by atoms with Crippen LogP contribution in [-0.4, -0.2) is 41.3 Å². The van der Waals surface area contributed by atoms with E-state index in [0.717, 1.165) is 19.6 Å².